The molecule has 2 aromatic carbocycles. The molecule has 4 rings (SSSR count). The average Bonchev–Trinajstić information content (AvgIpc) is 3.08. The van der Waals surface area contributed by atoms with Crippen molar-refractivity contribution in [1.29, 1.82) is 0 Å². The molecule has 1 N–H and O–H groups in total. The molecule has 0 fully saturated rings. The first-order valence-corrected chi connectivity index (χ1v) is 10.3. The number of hydrogen-bond donors (Lipinski definition) is 1. The molecule has 25 heavy (non-hydrogen) atoms. The lowest BCUT2D eigenvalue weighted by Crippen LogP contribution is -2.38. The van der Waals surface area contributed by atoms with Crippen LogP contribution in [0.1, 0.15) is 35.1 Å². The summed E-state index contributed by atoms with van der Waals surface area (Å²) in [6.45, 7) is 0. The van der Waals surface area contributed by atoms with Crippen molar-refractivity contribution in [3.05, 3.63) is 64.7 Å². The summed E-state index contributed by atoms with van der Waals surface area (Å²) in [5.41, 5.74) is 4.70. The van der Waals surface area contributed by atoms with E-state index in [-0.39, 0.29) is 10.8 Å². The fourth-order valence-electron chi connectivity index (χ4n) is 3.91. The van der Waals surface area contributed by atoms with Gasteiger partial charge in [0.25, 0.3) is 10.0 Å². The van der Waals surface area contributed by atoms with Crippen LogP contribution in [0, 0.1) is 5.92 Å². The highest BCUT2D eigenvalue weighted by molar-refractivity contribution is 7.90. The van der Waals surface area contributed by atoms with Gasteiger partial charge in [-0.15, -0.1) is 0 Å². The van der Waals surface area contributed by atoms with Gasteiger partial charge in [0.1, 0.15) is 0 Å². The number of hydrogen-bond acceptors (Lipinski definition) is 3. The lowest BCUT2D eigenvalue weighted by molar-refractivity contribution is -0.123. The first-order chi connectivity index (χ1) is 12.0. The third-order valence-electron chi connectivity index (χ3n) is 5.33. The largest absolute Gasteiger partial charge is 0.274 e. The first-order valence-electron chi connectivity index (χ1n) is 8.78. The molecule has 0 saturated carbocycles. The van der Waals surface area contributed by atoms with E-state index in [1.54, 1.807) is 12.1 Å². The minimum Gasteiger partial charge on any atom is -0.274 e. The Morgan fingerprint density at radius 1 is 0.920 bits per heavy atom. The van der Waals surface area contributed by atoms with Crippen LogP contribution in [0.3, 0.4) is 0 Å². The highest BCUT2D eigenvalue weighted by atomic mass is 32.2. The average molecular weight is 355 g/mol. The van der Waals surface area contributed by atoms with Gasteiger partial charge in [-0.1, -0.05) is 30.3 Å². The van der Waals surface area contributed by atoms with E-state index in [4.69, 9.17) is 0 Å². The van der Waals surface area contributed by atoms with Gasteiger partial charge in [0.15, 0.2) is 0 Å². The van der Waals surface area contributed by atoms with Crippen molar-refractivity contribution in [3.63, 3.8) is 0 Å². The first kappa shape index (κ1) is 16.3. The Balaban J connectivity index is 1.50. The molecule has 5 heteroatoms. The fraction of sp³-hybridized carbons (Fsp3) is 0.350. The summed E-state index contributed by atoms with van der Waals surface area (Å²) in [6.07, 6.45) is 5.07. The summed E-state index contributed by atoms with van der Waals surface area (Å²) < 4.78 is 27.5. The second-order valence-electron chi connectivity index (χ2n) is 6.96. The van der Waals surface area contributed by atoms with E-state index >= 15 is 0 Å². The minimum atomic E-state index is -3.81. The van der Waals surface area contributed by atoms with Gasteiger partial charge >= 0.3 is 0 Å². The molecule has 2 aromatic rings. The predicted molar refractivity (Wildman–Crippen MR) is 95.8 cm³/mol. The molecule has 0 bridgehead atoms. The Kier molecular flexibility index (Phi) is 4.12. The molecule has 0 heterocycles. The lowest BCUT2D eigenvalue weighted by atomic mass is 9.84. The third kappa shape index (κ3) is 3.21. The van der Waals surface area contributed by atoms with Crippen molar-refractivity contribution in [2.75, 3.05) is 0 Å². The molecule has 2 aliphatic rings. The van der Waals surface area contributed by atoms with Crippen LogP contribution in [0.25, 0.3) is 0 Å². The maximum absolute atomic E-state index is 12.6. The van der Waals surface area contributed by atoms with E-state index in [0.717, 1.165) is 36.8 Å². The van der Waals surface area contributed by atoms with Crippen molar-refractivity contribution >= 4 is 15.9 Å². The van der Waals surface area contributed by atoms with E-state index in [1.807, 2.05) is 24.3 Å². The Morgan fingerprint density at radius 3 is 2.48 bits per heavy atom. The second kappa shape index (κ2) is 6.30. The number of aryl methyl sites for hydroxylation is 3. The van der Waals surface area contributed by atoms with E-state index in [2.05, 4.69) is 10.8 Å². The van der Waals surface area contributed by atoms with Gasteiger partial charge in [-0.05, 0) is 72.9 Å². The normalized spacial score (nSPS) is 19.1. The van der Waals surface area contributed by atoms with E-state index < -0.39 is 15.9 Å². The van der Waals surface area contributed by atoms with Gasteiger partial charge in [0.05, 0.1) is 4.90 Å². The van der Waals surface area contributed by atoms with Crippen LogP contribution < -0.4 is 4.72 Å². The van der Waals surface area contributed by atoms with Gasteiger partial charge in [-0.25, -0.2) is 13.1 Å². The van der Waals surface area contributed by atoms with Gasteiger partial charge in [-0.2, -0.15) is 0 Å². The van der Waals surface area contributed by atoms with E-state index in [1.165, 1.54) is 11.1 Å². The molecule has 0 aromatic heterocycles. The number of amides is 1. The van der Waals surface area contributed by atoms with Crippen LogP contribution >= 0.6 is 0 Å². The molecule has 4 nitrogen and oxygen atoms in total. The number of sulfonamides is 1. The summed E-state index contributed by atoms with van der Waals surface area (Å²) in [5.74, 6) is -0.686. The third-order valence-corrected chi connectivity index (χ3v) is 6.68. The minimum absolute atomic E-state index is 0.192. The fourth-order valence-corrected chi connectivity index (χ4v) is 5.01. The molecule has 130 valence electrons. The molecule has 1 atom stereocenters. The molecule has 0 radical (unpaired) electrons. The van der Waals surface area contributed by atoms with Crippen LogP contribution in [0.2, 0.25) is 0 Å². The van der Waals surface area contributed by atoms with Gasteiger partial charge in [0, 0.05) is 5.92 Å². The van der Waals surface area contributed by atoms with E-state index in [0.29, 0.717) is 12.8 Å². The van der Waals surface area contributed by atoms with E-state index in [9.17, 15) is 13.2 Å². The Hall–Kier alpha value is -2.14. The maximum atomic E-state index is 12.6. The van der Waals surface area contributed by atoms with Crippen LogP contribution in [0.15, 0.2) is 47.4 Å². The molecule has 0 saturated heterocycles. The number of fused-ring (bicyclic) bond motifs is 2. The monoisotopic (exact) mass is 355 g/mol. The zero-order chi connectivity index (χ0) is 17.4. The van der Waals surface area contributed by atoms with Crippen LogP contribution in [-0.2, 0) is 40.5 Å². The molecule has 0 spiro atoms. The zero-order valence-electron chi connectivity index (χ0n) is 14.0. The number of carbonyl (C=O) groups is 1. The highest BCUT2D eigenvalue weighted by Gasteiger charge is 2.28. The van der Waals surface area contributed by atoms with Crippen LogP contribution in [-0.4, -0.2) is 14.3 Å². The quantitative estimate of drug-likeness (QED) is 0.921. The van der Waals surface area contributed by atoms with Crippen molar-refractivity contribution in [3.8, 4) is 0 Å². The van der Waals surface area contributed by atoms with Crippen molar-refractivity contribution < 1.29 is 13.2 Å². The highest BCUT2D eigenvalue weighted by Crippen LogP contribution is 2.27. The zero-order valence-corrected chi connectivity index (χ0v) is 14.8. The smallest absolute Gasteiger partial charge is 0.264 e. The molecule has 1 amide bonds. The van der Waals surface area contributed by atoms with Gasteiger partial charge in [-0.3, -0.25) is 4.79 Å². The van der Waals surface area contributed by atoms with Crippen LogP contribution in [0.5, 0.6) is 0 Å². The summed E-state index contributed by atoms with van der Waals surface area (Å²) in [7, 11) is -3.81. The Labute approximate surface area is 148 Å². The molecular formula is C20H21NO3S. The predicted octanol–water partition coefficient (Wildman–Crippen LogP) is 2.79. The number of rotatable bonds is 3. The number of nitrogens with one attached hydrogen (secondary N) is 1. The number of carbonyl (C=O) groups excluding carboxylic acids is 1. The molecule has 2 aliphatic carbocycles. The van der Waals surface area contributed by atoms with Crippen LogP contribution in [0.4, 0.5) is 0 Å². The van der Waals surface area contributed by atoms with Crippen molar-refractivity contribution in [1.82, 2.24) is 4.72 Å². The van der Waals surface area contributed by atoms with Gasteiger partial charge < -0.3 is 0 Å². The second-order valence-corrected chi connectivity index (χ2v) is 8.64. The summed E-state index contributed by atoms with van der Waals surface area (Å²) in [5, 5.41) is 0. The molecule has 1 unspecified atom stereocenters. The lowest BCUT2D eigenvalue weighted by Gasteiger charge is -2.23. The van der Waals surface area contributed by atoms with Crippen molar-refractivity contribution in [2.24, 2.45) is 5.92 Å². The standard InChI is InChI=1S/C20H21NO3S/c22-20(18-9-8-14-4-1-2-5-16(14)12-18)21-25(23,24)19-11-10-15-6-3-7-17(15)13-19/h1-2,4-5,10-11,13,18H,3,6-9,12H2,(H,21,22). The summed E-state index contributed by atoms with van der Waals surface area (Å²) in [4.78, 5) is 12.7. The Morgan fingerprint density at radius 2 is 1.64 bits per heavy atom. The SMILES string of the molecule is O=C(NS(=O)(=O)c1ccc2c(c1)CCC2)C1CCc2ccccc2C1. The van der Waals surface area contributed by atoms with Gasteiger partial charge in [0.2, 0.25) is 5.91 Å². The molecular weight excluding hydrogens is 334 g/mol. The maximum Gasteiger partial charge on any atom is 0.264 e. The number of benzene rings is 2. The summed E-state index contributed by atoms with van der Waals surface area (Å²) in [6, 6.07) is 13.2. The Bertz CT molecular complexity index is 934. The summed E-state index contributed by atoms with van der Waals surface area (Å²) >= 11 is 0. The topological polar surface area (TPSA) is 63.2 Å². The molecule has 0 aliphatic heterocycles. The van der Waals surface area contributed by atoms with Crippen molar-refractivity contribution in [2.45, 2.75) is 43.4 Å².